The summed E-state index contributed by atoms with van der Waals surface area (Å²) in [5, 5.41) is 0. The molecule has 0 N–H and O–H groups in total. The average molecular weight is 953 g/mol. The number of benzene rings is 2. The number of aryl methyl sites for hydroxylation is 4. The van der Waals surface area contributed by atoms with Gasteiger partial charge in [-0.3, -0.25) is 9.98 Å². The molecule has 350 valence electrons. The van der Waals surface area contributed by atoms with Crippen LogP contribution in [0.15, 0.2) is 46.4 Å². The monoisotopic (exact) mass is 952 g/mol. The predicted octanol–water partition coefficient (Wildman–Crippen LogP) is 14.5. The highest BCUT2D eigenvalue weighted by atomic mass is 19.4. The fourth-order valence-corrected chi connectivity index (χ4v) is 4.97. The summed E-state index contributed by atoms with van der Waals surface area (Å²) in [6, 6.07) is 3.32. The summed E-state index contributed by atoms with van der Waals surface area (Å²) < 4.78 is 348. The molecule has 0 spiro atoms. The molecule has 0 aliphatic heterocycles. The third-order valence-electron chi connectivity index (χ3n) is 8.39. The summed E-state index contributed by atoms with van der Waals surface area (Å²) in [6.45, 7) is 4.66. The number of nitrogens with zero attached hydrogens (tertiary/aromatic N) is 2. The molecule has 0 heterocycles. The maximum Gasteiger partial charge on any atom is 0.460 e. The Labute approximate surface area is 329 Å². The summed E-state index contributed by atoms with van der Waals surface area (Å²) in [5.41, 5.74) is -1.50. The van der Waals surface area contributed by atoms with E-state index in [4.69, 9.17) is 0 Å². The molecule has 62 heavy (non-hydrogen) atoms. The molecule has 0 fully saturated rings. The third-order valence-corrected chi connectivity index (χ3v) is 8.39. The minimum absolute atomic E-state index is 0.0486. The first-order chi connectivity index (χ1) is 27.2. The Bertz CT molecular complexity index is 1890. The molecule has 0 aromatic heterocycles. The minimum atomic E-state index is -8.09. The van der Waals surface area contributed by atoms with E-state index in [9.17, 15) is 114 Å². The van der Waals surface area contributed by atoms with Gasteiger partial charge >= 0.3 is 71.6 Å². The van der Waals surface area contributed by atoms with Gasteiger partial charge in [0.05, 0.1) is 11.4 Å². The lowest BCUT2D eigenvalue weighted by Gasteiger charge is -2.39. The second kappa shape index (κ2) is 16.2. The van der Waals surface area contributed by atoms with E-state index in [1.165, 1.54) is 27.7 Å². The molecule has 0 aliphatic rings. The fraction of sp³-hybridized carbons (Fsp3) is 0.471. The SMILES string of the molecule is Cc1cc(C=CC(F)(F)C(F)(F)C(F)(F)C(F)(F)C(F)(F)C(F)(F)F)cc(C)c1N=CC=Nc1c(C)cc(C=CC(F)(F)C(F)(F)C(F)(F)C(F)(F)C(F)(F)C(F)(F)F)cc1C. The molecule has 2 rings (SSSR count). The van der Waals surface area contributed by atoms with Crippen LogP contribution in [0.1, 0.15) is 33.4 Å². The number of hydrogen-bond acceptors (Lipinski definition) is 2. The van der Waals surface area contributed by atoms with Gasteiger partial charge in [0, 0.05) is 12.4 Å². The van der Waals surface area contributed by atoms with Crippen LogP contribution in [-0.4, -0.2) is 84.0 Å². The maximum absolute atomic E-state index is 14.2. The van der Waals surface area contributed by atoms with Gasteiger partial charge in [-0.05, 0) is 97.5 Å². The molecule has 2 nitrogen and oxygen atoms in total. The van der Waals surface area contributed by atoms with Crippen molar-refractivity contribution in [1.29, 1.82) is 0 Å². The van der Waals surface area contributed by atoms with Crippen LogP contribution in [0.5, 0.6) is 0 Å². The van der Waals surface area contributed by atoms with E-state index >= 15 is 0 Å². The van der Waals surface area contributed by atoms with Crippen LogP contribution in [0.25, 0.3) is 12.2 Å². The van der Waals surface area contributed by atoms with Crippen molar-refractivity contribution in [1.82, 2.24) is 0 Å². The van der Waals surface area contributed by atoms with Crippen LogP contribution in [0, 0.1) is 27.7 Å². The normalized spacial score (nSPS) is 15.6. The summed E-state index contributed by atoms with van der Waals surface area (Å²) in [4.78, 5) is 7.86. The van der Waals surface area contributed by atoms with E-state index in [0.29, 0.717) is 0 Å². The Morgan fingerprint density at radius 1 is 0.323 bits per heavy atom. The summed E-state index contributed by atoms with van der Waals surface area (Å²) >= 11 is 0. The first kappa shape index (κ1) is 53.6. The third kappa shape index (κ3) is 8.83. The molecule has 2 aromatic rings. The van der Waals surface area contributed by atoms with Crippen LogP contribution in [0.3, 0.4) is 0 Å². The highest BCUT2D eigenvalue weighted by Crippen LogP contribution is 2.62. The van der Waals surface area contributed by atoms with E-state index < -0.39 is 94.9 Å². The lowest BCUT2D eigenvalue weighted by atomic mass is 9.93. The first-order valence-electron chi connectivity index (χ1n) is 15.8. The summed E-state index contributed by atoms with van der Waals surface area (Å²) in [7, 11) is 0. The van der Waals surface area contributed by atoms with E-state index in [0.717, 1.165) is 36.7 Å². The molecule has 0 radical (unpaired) electrons. The molecular weight excluding hydrogens is 930 g/mol. The summed E-state index contributed by atoms with van der Waals surface area (Å²) in [6.07, 6.45) is -15.9. The average Bonchev–Trinajstić information content (AvgIpc) is 3.08. The van der Waals surface area contributed by atoms with Gasteiger partial charge in [-0.2, -0.15) is 114 Å². The van der Waals surface area contributed by atoms with Crippen LogP contribution in [-0.2, 0) is 0 Å². The smallest absolute Gasteiger partial charge is 0.255 e. The first-order valence-corrected chi connectivity index (χ1v) is 15.8. The molecule has 0 amide bonds. The Morgan fingerprint density at radius 3 is 0.742 bits per heavy atom. The Morgan fingerprint density at radius 2 is 0.532 bits per heavy atom. The van der Waals surface area contributed by atoms with Gasteiger partial charge in [0.2, 0.25) is 0 Å². The minimum Gasteiger partial charge on any atom is -0.255 e. The van der Waals surface area contributed by atoms with Crippen LogP contribution < -0.4 is 0 Å². The van der Waals surface area contributed by atoms with E-state index in [1.807, 2.05) is 0 Å². The van der Waals surface area contributed by atoms with E-state index in [2.05, 4.69) is 9.98 Å². The highest BCUT2D eigenvalue weighted by molar-refractivity contribution is 6.17. The zero-order valence-corrected chi connectivity index (χ0v) is 30.5. The molecule has 2 aromatic carbocycles. The van der Waals surface area contributed by atoms with Crippen molar-refractivity contribution in [3.05, 3.63) is 69.8 Å². The highest BCUT2D eigenvalue weighted by Gasteiger charge is 2.91. The number of hydrogen-bond donors (Lipinski definition) is 0. The van der Waals surface area contributed by atoms with Crippen molar-refractivity contribution in [2.24, 2.45) is 9.98 Å². The lowest BCUT2D eigenvalue weighted by molar-refractivity contribution is -0.436. The van der Waals surface area contributed by atoms with Crippen LogP contribution in [0.4, 0.5) is 126 Å². The van der Waals surface area contributed by atoms with E-state index in [1.54, 1.807) is 0 Å². The standard InChI is InChI=1S/C34H22F26N2/c1-15-11-19(5-7-23(35,36)25(39,40)27(43,44)29(47,48)31(51,52)33(55,56)57)12-16(2)21(15)61-9-10-62-22-17(3)13-20(14-18(22)4)6-8-24(37,38)26(41,42)28(45,46)30(49,50)32(53,54)34(58,59)60/h5-14H,1-4H3. The zero-order valence-electron chi connectivity index (χ0n) is 30.5. The van der Waals surface area contributed by atoms with Crippen LogP contribution in [0.2, 0.25) is 0 Å². The van der Waals surface area contributed by atoms with Gasteiger partial charge in [0.25, 0.3) is 0 Å². The maximum atomic E-state index is 14.2. The molecule has 0 unspecified atom stereocenters. The fourth-order valence-electron chi connectivity index (χ4n) is 4.97. The van der Waals surface area contributed by atoms with Crippen molar-refractivity contribution in [3.63, 3.8) is 0 Å². The van der Waals surface area contributed by atoms with Crippen molar-refractivity contribution in [2.75, 3.05) is 0 Å². The number of aliphatic imine (C=N–C) groups is 2. The summed E-state index contributed by atoms with van der Waals surface area (Å²) in [5.74, 6) is -76.1. The lowest BCUT2D eigenvalue weighted by Crippen LogP contribution is -2.69. The predicted molar refractivity (Wildman–Crippen MR) is 168 cm³/mol. The van der Waals surface area contributed by atoms with Crippen molar-refractivity contribution >= 4 is 36.0 Å². The van der Waals surface area contributed by atoms with Crippen molar-refractivity contribution in [3.8, 4) is 0 Å². The van der Waals surface area contributed by atoms with E-state index in [-0.39, 0.29) is 45.8 Å². The second-order valence-electron chi connectivity index (χ2n) is 13.1. The molecule has 0 atom stereocenters. The molecule has 28 heteroatoms. The number of allylic oxidation sites excluding steroid dienone is 2. The molecular formula is C34H22F26N2. The number of rotatable bonds is 15. The van der Waals surface area contributed by atoms with Gasteiger partial charge in [-0.25, -0.2) is 0 Å². The van der Waals surface area contributed by atoms with Gasteiger partial charge in [0.1, 0.15) is 0 Å². The van der Waals surface area contributed by atoms with Gasteiger partial charge in [0.15, 0.2) is 0 Å². The Balaban J connectivity index is 2.37. The largest absolute Gasteiger partial charge is 0.460 e. The second-order valence-corrected chi connectivity index (χ2v) is 13.1. The van der Waals surface area contributed by atoms with Crippen LogP contribution >= 0.6 is 0 Å². The number of alkyl halides is 26. The van der Waals surface area contributed by atoms with Gasteiger partial charge in [-0.15, -0.1) is 0 Å². The molecule has 0 saturated heterocycles. The van der Waals surface area contributed by atoms with Crippen molar-refractivity contribution in [2.45, 2.75) is 99.3 Å². The Hall–Kier alpha value is -4.56. The van der Waals surface area contributed by atoms with Crippen molar-refractivity contribution < 1.29 is 114 Å². The molecule has 0 aliphatic carbocycles. The topological polar surface area (TPSA) is 24.7 Å². The number of halogens is 26. The zero-order chi connectivity index (χ0) is 49.1. The molecule has 0 saturated carbocycles. The molecule has 0 bridgehead atoms. The van der Waals surface area contributed by atoms with Gasteiger partial charge < -0.3 is 0 Å². The van der Waals surface area contributed by atoms with Gasteiger partial charge in [-0.1, -0.05) is 12.2 Å². The Kier molecular flexibility index (Phi) is 14.0. The quantitative estimate of drug-likeness (QED) is 0.126.